The third kappa shape index (κ3) is 5.71. The summed E-state index contributed by atoms with van der Waals surface area (Å²) in [6.07, 6.45) is 1.02. The topological polar surface area (TPSA) is 41.1 Å². The summed E-state index contributed by atoms with van der Waals surface area (Å²) < 4.78 is 1.16. The van der Waals surface area contributed by atoms with Gasteiger partial charge in [-0.25, -0.2) is 0 Å². The molecule has 3 nitrogen and oxygen atoms in total. The predicted molar refractivity (Wildman–Crippen MR) is 84.7 cm³/mol. The summed E-state index contributed by atoms with van der Waals surface area (Å²) >= 11 is 2.26. The van der Waals surface area contributed by atoms with Crippen molar-refractivity contribution < 1.29 is 4.79 Å². The molecule has 0 saturated heterocycles. The molecule has 0 heterocycles. The van der Waals surface area contributed by atoms with Gasteiger partial charge in [-0.15, -0.1) is 0 Å². The van der Waals surface area contributed by atoms with E-state index in [1.165, 1.54) is 0 Å². The van der Waals surface area contributed by atoms with E-state index >= 15 is 0 Å². The molecule has 1 unspecified atom stereocenters. The van der Waals surface area contributed by atoms with E-state index in [0.29, 0.717) is 5.92 Å². The summed E-state index contributed by atoms with van der Waals surface area (Å²) in [6.45, 7) is 6.93. The fraction of sp³-hybridized carbons (Fsp3) is 0.500. The van der Waals surface area contributed by atoms with Crippen molar-refractivity contribution in [3.8, 4) is 0 Å². The molecule has 1 amide bonds. The van der Waals surface area contributed by atoms with Crippen LogP contribution in [0, 0.1) is 9.49 Å². The molecule has 0 aromatic heterocycles. The van der Waals surface area contributed by atoms with Crippen LogP contribution in [-0.4, -0.2) is 18.5 Å². The summed E-state index contributed by atoms with van der Waals surface area (Å²) in [5.41, 5.74) is 0.980. The van der Waals surface area contributed by atoms with E-state index in [0.717, 1.165) is 22.2 Å². The maximum Gasteiger partial charge on any atom is 0.242 e. The summed E-state index contributed by atoms with van der Waals surface area (Å²) in [5.74, 6) is 0.666. The molecular weight excluding hydrogens is 339 g/mol. The zero-order valence-corrected chi connectivity index (χ0v) is 13.3. The first-order chi connectivity index (χ1) is 8.49. The summed E-state index contributed by atoms with van der Waals surface area (Å²) in [4.78, 5) is 11.8. The second kappa shape index (κ2) is 7.61. The Kier molecular flexibility index (Phi) is 6.46. The van der Waals surface area contributed by atoms with Crippen molar-refractivity contribution in [3.63, 3.8) is 0 Å². The third-order valence-electron chi connectivity index (χ3n) is 2.62. The minimum atomic E-state index is -0.213. The molecule has 0 bridgehead atoms. The molecule has 0 aliphatic rings. The Bertz CT molecular complexity index is 393. The monoisotopic (exact) mass is 360 g/mol. The molecule has 0 saturated carbocycles. The number of benzene rings is 1. The Morgan fingerprint density at radius 2 is 2.06 bits per heavy atom. The van der Waals surface area contributed by atoms with Crippen LogP contribution >= 0.6 is 22.6 Å². The van der Waals surface area contributed by atoms with Gasteiger partial charge in [0.15, 0.2) is 0 Å². The Balaban J connectivity index is 2.40. The molecule has 1 aromatic rings. The number of nitrogens with one attached hydrogen (secondary N) is 2. The minimum absolute atomic E-state index is 0.0505. The van der Waals surface area contributed by atoms with Crippen molar-refractivity contribution in [1.29, 1.82) is 0 Å². The number of rotatable bonds is 6. The molecule has 100 valence electrons. The first kappa shape index (κ1) is 15.3. The lowest BCUT2D eigenvalue weighted by Gasteiger charge is -2.16. The molecule has 1 rings (SSSR count). The fourth-order valence-corrected chi connectivity index (χ4v) is 2.07. The lowest BCUT2D eigenvalue weighted by atomic mass is 10.1. The highest BCUT2D eigenvalue weighted by molar-refractivity contribution is 14.1. The Hall–Kier alpha value is -0.780. The molecule has 0 fully saturated rings. The van der Waals surface area contributed by atoms with Gasteiger partial charge in [0.05, 0.1) is 0 Å². The highest BCUT2D eigenvalue weighted by atomic mass is 127. The van der Waals surface area contributed by atoms with Gasteiger partial charge in [-0.3, -0.25) is 4.79 Å². The Morgan fingerprint density at radius 1 is 1.33 bits per heavy atom. The average molecular weight is 360 g/mol. The van der Waals surface area contributed by atoms with Gasteiger partial charge in [0.2, 0.25) is 5.91 Å². The first-order valence-electron chi connectivity index (χ1n) is 6.29. The van der Waals surface area contributed by atoms with Gasteiger partial charge >= 0.3 is 0 Å². The zero-order valence-electron chi connectivity index (χ0n) is 11.2. The number of hydrogen-bond donors (Lipinski definition) is 2. The summed E-state index contributed by atoms with van der Waals surface area (Å²) in [6, 6.07) is 7.79. The van der Waals surface area contributed by atoms with Gasteiger partial charge in [-0.2, -0.15) is 0 Å². The minimum Gasteiger partial charge on any atom is -0.374 e. The van der Waals surface area contributed by atoms with E-state index in [2.05, 4.69) is 47.1 Å². The van der Waals surface area contributed by atoms with Gasteiger partial charge in [0, 0.05) is 15.8 Å². The fourth-order valence-electron chi connectivity index (χ4n) is 1.53. The maximum absolute atomic E-state index is 11.8. The Morgan fingerprint density at radius 3 is 2.67 bits per heavy atom. The zero-order chi connectivity index (χ0) is 13.5. The molecule has 4 heteroatoms. The van der Waals surface area contributed by atoms with Crippen molar-refractivity contribution in [2.45, 2.75) is 33.2 Å². The molecule has 2 N–H and O–H groups in total. The van der Waals surface area contributed by atoms with Crippen LogP contribution in [0.15, 0.2) is 24.3 Å². The number of carbonyl (C=O) groups is 1. The van der Waals surface area contributed by atoms with E-state index < -0.39 is 0 Å². The summed E-state index contributed by atoms with van der Waals surface area (Å²) in [5, 5.41) is 6.15. The molecule has 0 radical (unpaired) electrons. The van der Waals surface area contributed by atoms with Crippen LogP contribution in [0.3, 0.4) is 0 Å². The van der Waals surface area contributed by atoms with Crippen LogP contribution < -0.4 is 10.6 Å². The van der Waals surface area contributed by atoms with E-state index in [4.69, 9.17) is 0 Å². The smallest absolute Gasteiger partial charge is 0.242 e. The lowest BCUT2D eigenvalue weighted by molar-refractivity contribution is -0.121. The van der Waals surface area contributed by atoms with E-state index in [9.17, 15) is 4.79 Å². The van der Waals surface area contributed by atoms with Crippen molar-refractivity contribution >= 4 is 34.2 Å². The van der Waals surface area contributed by atoms with Crippen LogP contribution in [0.2, 0.25) is 0 Å². The van der Waals surface area contributed by atoms with Crippen molar-refractivity contribution in [3.05, 3.63) is 27.8 Å². The Labute approximate surface area is 123 Å². The number of amides is 1. The normalized spacial score (nSPS) is 12.3. The highest BCUT2D eigenvalue weighted by Crippen LogP contribution is 2.13. The number of anilines is 1. The van der Waals surface area contributed by atoms with Gasteiger partial charge < -0.3 is 10.6 Å². The second-order valence-corrected chi connectivity index (χ2v) is 6.10. The van der Waals surface area contributed by atoms with Gasteiger partial charge in [0.1, 0.15) is 6.04 Å². The first-order valence-corrected chi connectivity index (χ1v) is 7.36. The van der Waals surface area contributed by atoms with E-state index in [1.807, 2.05) is 31.2 Å². The molecule has 1 aromatic carbocycles. The maximum atomic E-state index is 11.8. The van der Waals surface area contributed by atoms with Gasteiger partial charge in [0.25, 0.3) is 0 Å². The molecule has 0 aliphatic carbocycles. The second-order valence-electron chi connectivity index (χ2n) is 4.85. The molecule has 0 spiro atoms. The average Bonchev–Trinajstić information content (AvgIpc) is 2.28. The quantitative estimate of drug-likeness (QED) is 0.765. The van der Waals surface area contributed by atoms with Gasteiger partial charge in [-0.05, 0) is 60.1 Å². The van der Waals surface area contributed by atoms with Crippen LogP contribution in [0.5, 0.6) is 0 Å². The highest BCUT2D eigenvalue weighted by Gasteiger charge is 2.11. The van der Waals surface area contributed by atoms with Gasteiger partial charge in [-0.1, -0.05) is 19.9 Å². The largest absolute Gasteiger partial charge is 0.374 e. The lowest BCUT2D eigenvalue weighted by Crippen LogP contribution is -2.38. The molecule has 0 aliphatic heterocycles. The van der Waals surface area contributed by atoms with E-state index in [1.54, 1.807) is 0 Å². The SMILES string of the molecule is CC(C)CCNC(=O)C(C)Nc1cccc(I)c1. The van der Waals surface area contributed by atoms with Crippen molar-refractivity contribution in [1.82, 2.24) is 5.32 Å². The van der Waals surface area contributed by atoms with Crippen LogP contribution in [0.25, 0.3) is 0 Å². The standard InChI is InChI=1S/C14H21IN2O/c1-10(2)7-8-16-14(18)11(3)17-13-6-4-5-12(15)9-13/h4-6,9-11,17H,7-8H2,1-3H3,(H,16,18). The van der Waals surface area contributed by atoms with Crippen LogP contribution in [0.1, 0.15) is 27.2 Å². The van der Waals surface area contributed by atoms with Crippen molar-refractivity contribution in [2.75, 3.05) is 11.9 Å². The molecular formula is C14H21IN2O. The molecule has 18 heavy (non-hydrogen) atoms. The molecule has 1 atom stereocenters. The number of halogens is 1. The third-order valence-corrected chi connectivity index (χ3v) is 3.29. The summed E-state index contributed by atoms with van der Waals surface area (Å²) in [7, 11) is 0. The number of hydrogen-bond acceptors (Lipinski definition) is 2. The van der Waals surface area contributed by atoms with E-state index in [-0.39, 0.29) is 11.9 Å². The van der Waals surface area contributed by atoms with Crippen LogP contribution in [0.4, 0.5) is 5.69 Å². The van der Waals surface area contributed by atoms with Crippen LogP contribution in [-0.2, 0) is 4.79 Å². The number of carbonyl (C=O) groups excluding carboxylic acids is 1. The van der Waals surface area contributed by atoms with Crippen molar-refractivity contribution in [2.24, 2.45) is 5.92 Å². The predicted octanol–water partition coefficient (Wildman–Crippen LogP) is 3.25.